The van der Waals surface area contributed by atoms with Gasteiger partial charge in [-0.2, -0.15) is 0 Å². The van der Waals surface area contributed by atoms with Crippen molar-refractivity contribution in [3.63, 3.8) is 0 Å². The molecule has 39 heavy (non-hydrogen) atoms. The van der Waals surface area contributed by atoms with Gasteiger partial charge in [0, 0.05) is 23.2 Å². The topological polar surface area (TPSA) is 73.2 Å². The molecule has 0 saturated heterocycles. The van der Waals surface area contributed by atoms with Crippen LogP contribution in [0.25, 0.3) is 22.2 Å². The molecule has 0 radical (unpaired) electrons. The van der Waals surface area contributed by atoms with Crippen molar-refractivity contribution in [3.8, 4) is 16.9 Å². The number of amides is 1. The first-order valence-corrected chi connectivity index (χ1v) is 13.6. The Labute approximate surface area is 226 Å². The summed E-state index contributed by atoms with van der Waals surface area (Å²) in [6.07, 6.45) is 7.52. The average molecular weight is 526 g/mol. The molecule has 0 aliphatic heterocycles. The fourth-order valence-corrected chi connectivity index (χ4v) is 5.94. The molecule has 4 aromatic rings. The molecule has 200 valence electrons. The van der Waals surface area contributed by atoms with Gasteiger partial charge >= 0.3 is 0 Å². The van der Waals surface area contributed by atoms with Crippen molar-refractivity contribution in [1.82, 2.24) is 14.9 Å². The molecule has 2 aliphatic carbocycles. The van der Waals surface area contributed by atoms with E-state index in [0.717, 1.165) is 35.3 Å². The van der Waals surface area contributed by atoms with Gasteiger partial charge in [0.25, 0.3) is 11.5 Å². The molecule has 0 bridgehead atoms. The van der Waals surface area contributed by atoms with Crippen LogP contribution in [0.5, 0.6) is 5.75 Å². The summed E-state index contributed by atoms with van der Waals surface area (Å²) >= 11 is 0. The standard InChI is InChI=1S/C32H32FN3O3/c1-20(2)39-27-10-6-22(7-11-27)24-14-23-15-28(30(37)35-26-16-32(17-26)12-3-13-32)31(38)36(29(23)34-18-24)19-21-4-8-25(33)9-5-21/h4-11,14-15,18,20,26H,3,12-13,16-17,19H2,1-2H3,(H,35,37). The monoisotopic (exact) mass is 525 g/mol. The van der Waals surface area contributed by atoms with Crippen LogP contribution in [0.1, 0.15) is 61.9 Å². The number of hydrogen-bond donors (Lipinski definition) is 1. The second kappa shape index (κ2) is 9.95. The van der Waals surface area contributed by atoms with Gasteiger partial charge < -0.3 is 10.1 Å². The first-order chi connectivity index (χ1) is 18.8. The van der Waals surface area contributed by atoms with E-state index < -0.39 is 5.56 Å². The van der Waals surface area contributed by atoms with Gasteiger partial charge in [-0.3, -0.25) is 14.2 Å². The van der Waals surface area contributed by atoms with Gasteiger partial charge in [-0.25, -0.2) is 9.37 Å². The average Bonchev–Trinajstić information content (AvgIpc) is 2.87. The molecule has 6 rings (SSSR count). The maximum Gasteiger partial charge on any atom is 0.265 e. The molecular formula is C32H32FN3O3. The van der Waals surface area contributed by atoms with Gasteiger partial charge in [-0.15, -0.1) is 0 Å². The molecule has 2 heterocycles. The summed E-state index contributed by atoms with van der Waals surface area (Å²) < 4.78 is 20.8. The Bertz CT molecular complexity index is 1580. The molecule has 2 aromatic carbocycles. The fraction of sp³-hybridized carbons (Fsp3) is 0.344. The van der Waals surface area contributed by atoms with E-state index >= 15 is 0 Å². The maximum absolute atomic E-state index is 13.6. The summed E-state index contributed by atoms with van der Waals surface area (Å²) in [4.78, 5) is 31.6. The Balaban J connectivity index is 1.36. The number of fused-ring (bicyclic) bond motifs is 1. The second-order valence-electron chi connectivity index (χ2n) is 11.3. The Morgan fingerprint density at radius 3 is 2.44 bits per heavy atom. The molecule has 7 heteroatoms. The van der Waals surface area contributed by atoms with E-state index in [9.17, 15) is 14.0 Å². The summed E-state index contributed by atoms with van der Waals surface area (Å²) in [5.74, 6) is 0.0881. The predicted molar refractivity (Wildman–Crippen MR) is 149 cm³/mol. The van der Waals surface area contributed by atoms with Crippen LogP contribution in [0.2, 0.25) is 0 Å². The lowest BCUT2D eigenvalue weighted by atomic mass is 9.54. The molecular weight excluding hydrogens is 493 g/mol. The van der Waals surface area contributed by atoms with Gasteiger partial charge in [-0.1, -0.05) is 30.7 Å². The molecule has 6 nitrogen and oxygen atoms in total. The molecule has 2 fully saturated rings. The second-order valence-corrected chi connectivity index (χ2v) is 11.3. The van der Waals surface area contributed by atoms with Crippen molar-refractivity contribution in [3.05, 3.63) is 94.2 Å². The van der Waals surface area contributed by atoms with Crippen LogP contribution in [0, 0.1) is 11.2 Å². The molecule has 0 unspecified atom stereocenters. The van der Waals surface area contributed by atoms with E-state index in [1.807, 2.05) is 44.2 Å². The summed E-state index contributed by atoms with van der Waals surface area (Å²) in [7, 11) is 0. The number of benzene rings is 2. The zero-order valence-electron chi connectivity index (χ0n) is 22.2. The molecule has 2 aromatic heterocycles. The molecule has 1 spiro atoms. The third-order valence-corrected chi connectivity index (χ3v) is 8.09. The van der Waals surface area contributed by atoms with Crippen LogP contribution in [-0.4, -0.2) is 27.6 Å². The highest BCUT2D eigenvalue weighted by molar-refractivity contribution is 5.97. The molecule has 1 amide bonds. The summed E-state index contributed by atoms with van der Waals surface area (Å²) in [5.41, 5.74) is 3.14. The summed E-state index contributed by atoms with van der Waals surface area (Å²) in [6.45, 7) is 4.14. The fourth-order valence-electron chi connectivity index (χ4n) is 5.94. The largest absolute Gasteiger partial charge is 0.491 e. The number of carbonyl (C=O) groups is 1. The molecule has 0 atom stereocenters. The Kier molecular flexibility index (Phi) is 6.45. The highest BCUT2D eigenvalue weighted by Crippen LogP contribution is 2.55. The zero-order chi connectivity index (χ0) is 27.1. The zero-order valence-corrected chi connectivity index (χ0v) is 22.2. The molecule has 2 saturated carbocycles. The number of pyridine rings is 2. The number of ether oxygens (including phenoxy) is 1. The number of rotatable bonds is 7. The van der Waals surface area contributed by atoms with E-state index in [-0.39, 0.29) is 36.0 Å². The van der Waals surface area contributed by atoms with Crippen molar-refractivity contribution in [2.75, 3.05) is 0 Å². The van der Waals surface area contributed by atoms with E-state index in [2.05, 4.69) is 10.3 Å². The quantitative estimate of drug-likeness (QED) is 0.316. The number of nitrogens with zero attached hydrogens (tertiary/aromatic N) is 2. The number of nitrogens with one attached hydrogen (secondary N) is 1. The highest BCUT2D eigenvalue weighted by Gasteiger charge is 2.48. The lowest BCUT2D eigenvalue weighted by Gasteiger charge is -2.54. The van der Waals surface area contributed by atoms with Gasteiger partial charge in [0.1, 0.15) is 22.8 Å². The van der Waals surface area contributed by atoms with Gasteiger partial charge in [0.15, 0.2) is 0 Å². The van der Waals surface area contributed by atoms with Crippen LogP contribution < -0.4 is 15.6 Å². The van der Waals surface area contributed by atoms with Crippen molar-refractivity contribution in [2.24, 2.45) is 5.41 Å². The van der Waals surface area contributed by atoms with E-state index in [4.69, 9.17) is 4.74 Å². The van der Waals surface area contributed by atoms with Gasteiger partial charge in [0.05, 0.1) is 12.6 Å². The first kappa shape index (κ1) is 25.3. The SMILES string of the molecule is CC(C)Oc1ccc(-c2cnc3c(c2)cc(C(=O)NC2CC4(CCC4)C2)c(=O)n3Cc2ccc(F)cc2)cc1. The first-order valence-electron chi connectivity index (χ1n) is 13.6. The van der Waals surface area contributed by atoms with Crippen LogP contribution in [-0.2, 0) is 6.54 Å². The number of hydrogen-bond acceptors (Lipinski definition) is 4. The number of carbonyl (C=O) groups excluding carboxylic acids is 1. The third-order valence-electron chi connectivity index (χ3n) is 8.09. The van der Waals surface area contributed by atoms with Gasteiger partial charge in [0.2, 0.25) is 0 Å². The van der Waals surface area contributed by atoms with E-state index in [0.29, 0.717) is 16.4 Å². The maximum atomic E-state index is 13.6. The van der Waals surface area contributed by atoms with Gasteiger partial charge in [-0.05, 0) is 92.5 Å². The lowest BCUT2D eigenvalue weighted by molar-refractivity contribution is -0.000651. The Morgan fingerprint density at radius 2 is 1.79 bits per heavy atom. The number of halogens is 1. The molecule has 1 N–H and O–H groups in total. The van der Waals surface area contributed by atoms with E-state index in [1.54, 1.807) is 24.4 Å². The van der Waals surface area contributed by atoms with E-state index in [1.165, 1.54) is 36.0 Å². The predicted octanol–water partition coefficient (Wildman–Crippen LogP) is 6.10. The van der Waals surface area contributed by atoms with Crippen LogP contribution in [0.4, 0.5) is 4.39 Å². The minimum Gasteiger partial charge on any atom is -0.491 e. The smallest absolute Gasteiger partial charge is 0.265 e. The minimum absolute atomic E-state index is 0.0831. The Hall–Kier alpha value is -4.00. The van der Waals surface area contributed by atoms with Crippen molar-refractivity contribution < 1.29 is 13.9 Å². The van der Waals surface area contributed by atoms with Crippen LogP contribution in [0.15, 0.2) is 71.7 Å². The van der Waals surface area contributed by atoms with Crippen molar-refractivity contribution in [1.29, 1.82) is 0 Å². The highest BCUT2D eigenvalue weighted by atomic mass is 19.1. The van der Waals surface area contributed by atoms with Crippen molar-refractivity contribution in [2.45, 2.75) is 64.6 Å². The summed E-state index contributed by atoms with van der Waals surface area (Å²) in [5, 5.41) is 3.78. The van der Waals surface area contributed by atoms with Crippen LogP contribution in [0.3, 0.4) is 0 Å². The Morgan fingerprint density at radius 1 is 1.08 bits per heavy atom. The van der Waals surface area contributed by atoms with Crippen LogP contribution >= 0.6 is 0 Å². The van der Waals surface area contributed by atoms with Crippen molar-refractivity contribution >= 4 is 16.9 Å². The lowest BCUT2D eigenvalue weighted by Crippen LogP contribution is -2.54. The molecule has 2 aliphatic rings. The number of aromatic nitrogens is 2. The third kappa shape index (κ3) is 5.05. The minimum atomic E-state index is -0.405. The summed E-state index contributed by atoms with van der Waals surface area (Å²) in [6, 6.07) is 17.5. The normalized spacial score (nSPS) is 16.2.